The first-order valence-corrected chi connectivity index (χ1v) is 5.62. The van der Waals surface area contributed by atoms with E-state index in [4.69, 9.17) is 9.52 Å². The van der Waals surface area contributed by atoms with E-state index in [0.717, 1.165) is 0 Å². The summed E-state index contributed by atoms with van der Waals surface area (Å²) >= 11 is 0. The van der Waals surface area contributed by atoms with E-state index in [9.17, 15) is 14.0 Å². The minimum Gasteiger partial charge on any atom is -0.479 e. The van der Waals surface area contributed by atoms with Gasteiger partial charge < -0.3 is 14.4 Å². The Morgan fingerprint density at radius 3 is 2.61 bits per heavy atom. The minimum atomic E-state index is -2.34. The zero-order valence-electron chi connectivity index (χ0n) is 10.2. The van der Waals surface area contributed by atoms with Gasteiger partial charge in [0, 0.05) is 18.5 Å². The molecule has 1 aromatic rings. The van der Waals surface area contributed by atoms with Crippen molar-refractivity contribution in [3.05, 3.63) is 23.2 Å². The van der Waals surface area contributed by atoms with Crippen molar-refractivity contribution in [3.63, 3.8) is 0 Å². The van der Waals surface area contributed by atoms with Crippen molar-refractivity contribution in [3.8, 4) is 0 Å². The molecule has 1 saturated heterocycles. The number of carboxylic acid groups (broad SMARTS) is 1. The third kappa shape index (κ3) is 1.98. The normalized spacial score (nSPS) is 23.4. The summed E-state index contributed by atoms with van der Waals surface area (Å²) in [7, 11) is 0. The number of halogens is 1. The molecule has 1 aromatic heterocycles. The van der Waals surface area contributed by atoms with Crippen molar-refractivity contribution in [1.82, 2.24) is 4.90 Å². The third-order valence-corrected chi connectivity index (χ3v) is 3.13. The molecule has 1 aliphatic heterocycles. The lowest BCUT2D eigenvalue weighted by Crippen LogP contribution is -2.38. The summed E-state index contributed by atoms with van der Waals surface area (Å²) in [6.07, 6.45) is -0.188. The molecule has 18 heavy (non-hydrogen) atoms. The second-order valence-electron chi connectivity index (χ2n) is 4.62. The van der Waals surface area contributed by atoms with Gasteiger partial charge in [0.15, 0.2) is 5.76 Å². The average Bonchev–Trinajstić information content (AvgIpc) is 2.82. The number of carbonyl (C=O) groups excluding carboxylic acids is 1. The van der Waals surface area contributed by atoms with Crippen LogP contribution in [0.1, 0.15) is 28.3 Å². The van der Waals surface area contributed by atoms with Crippen LogP contribution in [0.3, 0.4) is 0 Å². The molecule has 0 spiro atoms. The van der Waals surface area contributed by atoms with Crippen molar-refractivity contribution >= 4 is 11.9 Å². The van der Waals surface area contributed by atoms with Gasteiger partial charge in [0.25, 0.3) is 5.91 Å². The highest BCUT2D eigenvalue weighted by Gasteiger charge is 2.47. The number of aryl methyl sites for hydroxylation is 2. The number of aliphatic carboxylic acids is 1. The van der Waals surface area contributed by atoms with Crippen LogP contribution in [-0.4, -0.2) is 40.6 Å². The maximum absolute atomic E-state index is 13.8. The van der Waals surface area contributed by atoms with E-state index in [-0.39, 0.29) is 18.7 Å². The first-order valence-electron chi connectivity index (χ1n) is 5.62. The maximum Gasteiger partial charge on any atom is 0.343 e. The number of hydrogen-bond acceptors (Lipinski definition) is 3. The molecule has 0 bridgehead atoms. The molecule has 6 heteroatoms. The predicted octanol–water partition coefficient (Wildman–Crippen LogP) is 1.54. The summed E-state index contributed by atoms with van der Waals surface area (Å²) < 4.78 is 19.1. The Hall–Kier alpha value is -1.85. The molecule has 1 amide bonds. The first-order chi connectivity index (χ1) is 8.33. The van der Waals surface area contributed by atoms with Crippen LogP contribution in [0.25, 0.3) is 0 Å². The molecule has 98 valence electrons. The van der Waals surface area contributed by atoms with Crippen LogP contribution < -0.4 is 0 Å². The summed E-state index contributed by atoms with van der Waals surface area (Å²) in [5.74, 6) is -1.23. The van der Waals surface area contributed by atoms with E-state index in [1.165, 1.54) is 4.90 Å². The molecule has 1 N–H and O–H groups in total. The Balaban J connectivity index is 2.18. The highest BCUT2D eigenvalue weighted by Crippen LogP contribution is 2.28. The van der Waals surface area contributed by atoms with Crippen molar-refractivity contribution in [2.45, 2.75) is 25.9 Å². The summed E-state index contributed by atoms with van der Waals surface area (Å²) in [6.45, 7) is 3.09. The Morgan fingerprint density at radius 1 is 1.50 bits per heavy atom. The van der Waals surface area contributed by atoms with Crippen LogP contribution in [0.5, 0.6) is 0 Å². The monoisotopic (exact) mass is 255 g/mol. The number of likely N-dealkylation sites (tertiary alicyclic amines) is 1. The molecule has 0 saturated carbocycles. The fourth-order valence-corrected chi connectivity index (χ4v) is 2.12. The Kier molecular flexibility index (Phi) is 2.88. The van der Waals surface area contributed by atoms with Gasteiger partial charge in [0.2, 0.25) is 5.67 Å². The molecule has 2 heterocycles. The summed E-state index contributed by atoms with van der Waals surface area (Å²) in [4.78, 5) is 24.0. The van der Waals surface area contributed by atoms with Gasteiger partial charge in [0.1, 0.15) is 5.76 Å². The molecule has 1 unspecified atom stereocenters. The lowest BCUT2D eigenvalue weighted by Gasteiger charge is -2.16. The van der Waals surface area contributed by atoms with E-state index >= 15 is 0 Å². The van der Waals surface area contributed by atoms with Crippen molar-refractivity contribution in [2.75, 3.05) is 13.1 Å². The summed E-state index contributed by atoms with van der Waals surface area (Å²) in [5, 5.41) is 8.76. The molecule has 1 fully saturated rings. The molecule has 2 rings (SSSR count). The largest absolute Gasteiger partial charge is 0.479 e. The number of amides is 1. The van der Waals surface area contributed by atoms with Gasteiger partial charge in [0.05, 0.1) is 6.54 Å². The van der Waals surface area contributed by atoms with Gasteiger partial charge in [-0.15, -0.1) is 0 Å². The van der Waals surface area contributed by atoms with Gasteiger partial charge in [-0.2, -0.15) is 0 Å². The number of hydrogen-bond donors (Lipinski definition) is 1. The molecular weight excluding hydrogens is 241 g/mol. The zero-order chi connectivity index (χ0) is 13.5. The van der Waals surface area contributed by atoms with Gasteiger partial charge >= 0.3 is 5.97 Å². The topological polar surface area (TPSA) is 70.8 Å². The third-order valence-electron chi connectivity index (χ3n) is 3.13. The number of rotatable bonds is 2. The smallest absolute Gasteiger partial charge is 0.343 e. The second-order valence-corrected chi connectivity index (χ2v) is 4.62. The fourth-order valence-electron chi connectivity index (χ4n) is 2.12. The lowest BCUT2D eigenvalue weighted by molar-refractivity contribution is -0.149. The van der Waals surface area contributed by atoms with E-state index in [1.54, 1.807) is 19.9 Å². The predicted molar refractivity (Wildman–Crippen MR) is 60.2 cm³/mol. The Bertz CT molecular complexity index is 510. The lowest BCUT2D eigenvalue weighted by atomic mass is 10.1. The summed E-state index contributed by atoms with van der Waals surface area (Å²) in [6, 6.07) is 1.71. The van der Waals surface area contributed by atoms with Crippen molar-refractivity contribution < 1.29 is 23.5 Å². The van der Waals surface area contributed by atoms with Crippen molar-refractivity contribution in [2.24, 2.45) is 0 Å². The highest BCUT2D eigenvalue weighted by atomic mass is 19.1. The zero-order valence-corrected chi connectivity index (χ0v) is 10.2. The number of furan rings is 1. The van der Waals surface area contributed by atoms with Gasteiger partial charge in [-0.3, -0.25) is 4.79 Å². The van der Waals surface area contributed by atoms with Gasteiger partial charge in [-0.05, 0) is 19.9 Å². The minimum absolute atomic E-state index is 0.0841. The van der Waals surface area contributed by atoms with Crippen LogP contribution in [0.4, 0.5) is 4.39 Å². The second kappa shape index (κ2) is 4.12. The number of nitrogens with zero attached hydrogens (tertiary/aromatic N) is 1. The summed E-state index contributed by atoms with van der Waals surface area (Å²) in [5.41, 5.74) is -1.67. The van der Waals surface area contributed by atoms with Crippen LogP contribution >= 0.6 is 0 Å². The van der Waals surface area contributed by atoms with E-state index < -0.39 is 24.1 Å². The van der Waals surface area contributed by atoms with Crippen molar-refractivity contribution in [1.29, 1.82) is 0 Å². The molecule has 1 aliphatic rings. The maximum atomic E-state index is 13.8. The molecule has 0 aromatic carbocycles. The highest BCUT2D eigenvalue weighted by molar-refractivity contribution is 5.94. The Morgan fingerprint density at radius 2 is 2.17 bits per heavy atom. The van der Waals surface area contributed by atoms with Crippen LogP contribution in [0.15, 0.2) is 10.5 Å². The molecule has 0 radical (unpaired) electrons. The molecular formula is C12H14FNO4. The standard InChI is InChI=1S/C12H14FNO4/c1-7-5-8(2)18-9(7)10(15)14-4-3-12(13,6-14)11(16)17/h5H,3-4,6H2,1-2H3,(H,16,17). The number of carboxylic acids is 1. The van der Waals surface area contributed by atoms with Crippen LogP contribution in [0, 0.1) is 13.8 Å². The van der Waals surface area contributed by atoms with E-state index in [1.807, 2.05) is 0 Å². The fraction of sp³-hybridized carbons (Fsp3) is 0.500. The van der Waals surface area contributed by atoms with E-state index in [2.05, 4.69) is 0 Å². The van der Waals surface area contributed by atoms with Crippen LogP contribution in [0.2, 0.25) is 0 Å². The quantitative estimate of drug-likeness (QED) is 0.870. The number of carbonyl (C=O) groups is 2. The number of alkyl halides is 1. The van der Waals surface area contributed by atoms with Crippen LogP contribution in [-0.2, 0) is 4.79 Å². The Labute approximate surface area is 103 Å². The molecule has 5 nitrogen and oxygen atoms in total. The SMILES string of the molecule is Cc1cc(C)c(C(=O)N2CCC(F)(C(=O)O)C2)o1. The first kappa shape index (κ1) is 12.6. The molecule has 1 atom stereocenters. The molecule has 0 aliphatic carbocycles. The van der Waals surface area contributed by atoms with Gasteiger partial charge in [-0.25, -0.2) is 9.18 Å². The van der Waals surface area contributed by atoms with Gasteiger partial charge in [-0.1, -0.05) is 0 Å². The average molecular weight is 255 g/mol. The van der Waals surface area contributed by atoms with E-state index in [0.29, 0.717) is 11.3 Å².